The summed E-state index contributed by atoms with van der Waals surface area (Å²) in [7, 11) is 1.67. The summed E-state index contributed by atoms with van der Waals surface area (Å²) in [5, 5.41) is 5.10. The molecule has 0 bridgehead atoms. The first-order valence-corrected chi connectivity index (χ1v) is 11.8. The molecule has 1 aliphatic heterocycles. The van der Waals surface area contributed by atoms with Gasteiger partial charge in [0.15, 0.2) is 0 Å². The fourth-order valence-corrected chi connectivity index (χ4v) is 5.08. The predicted molar refractivity (Wildman–Crippen MR) is 133 cm³/mol. The number of carbonyl (C=O) groups is 1. The van der Waals surface area contributed by atoms with Gasteiger partial charge in [-0.15, -0.1) is 0 Å². The number of hydrogen-bond acceptors (Lipinski definition) is 5. The summed E-state index contributed by atoms with van der Waals surface area (Å²) in [5.74, 6) is 0.682. The number of carbonyl (C=O) groups excluding carboxylic acids is 1. The van der Waals surface area contributed by atoms with E-state index in [4.69, 9.17) is 19.3 Å². The van der Waals surface area contributed by atoms with Crippen LogP contribution in [0.25, 0.3) is 16.9 Å². The van der Waals surface area contributed by atoms with Gasteiger partial charge in [-0.25, -0.2) is 9.48 Å². The molecule has 180 valence electrons. The lowest BCUT2D eigenvalue weighted by molar-refractivity contribution is -0.162. The Morgan fingerprint density at radius 2 is 1.71 bits per heavy atom. The Kier molecular flexibility index (Phi) is 6.54. The number of aromatic nitrogens is 2. The largest absolute Gasteiger partial charge is 0.494 e. The zero-order valence-corrected chi connectivity index (χ0v) is 20.9. The molecule has 6 nitrogen and oxygen atoms in total. The lowest BCUT2D eigenvalue weighted by atomic mass is 9.79. The summed E-state index contributed by atoms with van der Waals surface area (Å²) in [6, 6.07) is 17.5. The summed E-state index contributed by atoms with van der Waals surface area (Å²) < 4.78 is 19.0. The first-order chi connectivity index (χ1) is 16.1. The average molecular weight is 463 g/mol. The average Bonchev–Trinajstić information content (AvgIpc) is 3.23. The van der Waals surface area contributed by atoms with E-state index in [9.17, 15) is 4.79 Å². The van der Waals surface area contributed by atoms with Crippen molar-refractivity contribution >= 4 is 5.97 Å². The number of benzene rings is 2. The van der Waals surface area contributed by atoms with Crippen molar-refractivity contribution in [3.05, 3.63) is 65.9 Å². The minimum absolute atomic E-state index is 0.234. The van der Waals surface area contributed by atoms with Gasteiger partial charge in [-0.05, 0) is 77.8 Å². The van der Waals surface area contributed by atoms with E-state index < -0.39 is 0 Å². The van der Waals surface area contributed by atoms with E-state index in [0.717, 1.165) is 41.2 Å². The summed E-state index contributed by atoms with van der Waals surface area (Å²) in [4.78, 5) is 12.1. The van der Waals surface area contributed by atoms with E-state index >= 15 is 0 Å². The number of hydrogen-bond donors (Lipinski definition) is 0. The third kappa shape index (κ3) is 5.02. The van der Waals surface area contributed by atoms with Crippen molar-refractivity contribution in [1.29, 1.82) is 0 Å². The third-order valence-corrected chi connectivity index (χ3v) is 6.18. The van der Waals surface area contributed by atoms with Gasteiger partial charge < -0.3 is 14.2 Å². The lowest BCUT2D eigenvalue weighted by Crippen LogP contribution is -2.44. The maximum atomic E-state index is 12.1. The SMILES string of the molecule is CCOC(=O)c1ccc(-c2cc(C3CC(C)(C)OC(C)(C)C3)nn2-c2ccccc2OC)cc1. The fourth-order valence-electron chi connectivity index (χ4n) is 5.08. The van der Waals surface area contributed by atoms with Gasteiger partial charge in [0.2, 0.25) is 0 Å². The van der Waals surface area contributed by atoms with Gasteiger partial charge >= 0.3 is 5.97 Å². The third-order valence-electron chi connectivity index (χ3n) is 6.18. The molecule has 1 aromatic heterocycles. The zero-order chi connectivity index (χ0) is 24.5. The van der Waals surface area contributed by atoms with Gasteiger partial charge in [-0.3, -0.25) is 0 Å². The standard InChI is InChI=1S/C28H34N2O4/c1-7-33-26(31)20-14-12-19(13-15-20)24-16-22(21-17-27(2,3)34-28(4,5)18-21)29-30(24)23-10-8-9-11-25(23)32-6/h8-16,21H,7,17-18H2,1-6H3. The van der Waals surface area contributed by atoms with Gasteiger partial charge in [0, 0.05) is 11.5 Å². The Morgan fingerprint density at radius 1 is 1.06 bits per heavy atom. The molecular weight excluding hydrogens is 428 g/mol. The maximum absolute atomic E-state index is 12.1. The molecule has 1 fully saturated rings. The van der Waals surface area contributed by atoms with Crippen LogP contribution in [0, 0.1) is 0 Å². The van der Waals surface area contributed by atoms with Crippen molar-refractivity contribution in [2.24, 2.45) is 0 Å². The number of para-hydroxylation sites is 2. The fraction of sp³-hybridized carbons (Fsp3) is 0.429. The predicted octanol–water partition coefficient (Wildman–Crippen LogP) is 6.18. The van der Waals surface area contributed by atoms with Crippen LogP contribution in [-0.2, 0) is 9.47 Å². The van der Waals surface area contributed by atoms with Gasteiger partial charge in [0.25, 0.3) is 0 Å². The molecule has 0 atom stereocenters. The van der Waals surface area contributed by atoms with Gasteiger partial charge in [0.05, 0.1) is 41.9 Å². The normalized spacial score (nSPS) is 17.4. The molecule has 0 N–H and O–H groups in total. The Bertz CT molecular complexity index is 1150. The Morgan fingerprint density at radius 3 is 2.32 bits per heavy atom. The van der Waals surface area contributed by atoms with Crippen molar-refractivity contribution in [3.8, 4) is 22.7 Å². The zero-order valence-electron chi connectivity index (χ0n) is 20.9. The second kappa shape index (κ2) is 9.26. The second-order valence-corrected chi connectivity index (χ2v) is 10.1. The van der Waals surface area contributed by atoms with Crippen LogP contribution in [0.5, 0.6) is 5.75 Å². The van der Waals surface area contributed by atoms with Crippen LogP contribution in [0.4, 0.5) is 0 Å². The van der Waals surface area contributed by atoms with Gasteiger partial charge in [0.1, 0.15) is 11.4 Å². The Balaban J connectivity index is 1.80. The van der Waals surface area contributed by atoms with E-state index in [0.29, 0.717) is 12.2 Å². The molecule has 0 amide bonds. The molecule has 2 heterocycles. The second-order valence-electron chi connectivity index (χ2n) is 10.1. The topological polar surface area (TPSA) is 62.6 Å². The van der Waals surface area contributed by atoms with Crippen LogP contribution in [0.15, 0.2) is 54.6 Å². The number of rotatable bonds is 6. The Labute approximate surface area is 201 Å². The van der Waals surface area contributed by atoms with Crippen LogP contribution in [0.3, 0.4) is 0 Å². The minimum atomic E-state index is -0.320. The van der Waals surface area contributed by atoms with Crippen LogP contribution in [0.2, 0.25) is 0 Å². The molecule has 34 heavy (non-hydrogen) atoms. The van der Waals surface area contributed by atoms with E-state index in [1.165, 1.54) is 0 Å². The van der Waals surface area contributed by atoms with Crippen LogP contribution >= 0.6 is 0 Å². The van der Waals surface area contributed by atoms with E-state index in [2.05, 4.69) is 33.8 Å². The summed E-state index contributed by atoms with van der Waals surface area (Å²) in [6.07, 6.45) is 1.78. The highest BCUT2D eigenvalue weighted by Crippen LogP contribution is 2.44. The minimum Gasteiger partial charge on any atom is -0.494 e. The summed E-state index contributed by atoms with van der Waals surface area (Å²) in [6.45, 7) is 10.7. The van der Waals surface area contributed by atoms with Crippen molar-refractivity contribution in [1.82, 2.24) is 9.78 Å². The number of methoxy groups -OCH3 is 1. The molecule has 1 saturated heterocycles. The van der Waals surface area contributed by atoms with E-state index in [-0.39, 0.29) is 23.1 Å². The molecule has 0 saturated carbocycles. The van der Waals surface area contributed by atoms with Gasteiger partial charge in [-0.2, -0.15) is 5.10 Å². The summed E-state index contributed by atoms with van der Waals surface area (Å²) in [5.41, 5.74) is 3.86. The van der Waals surface area contributed by atoms with E-state index in [1.54, 1.807) is 26.2 Å². The smallest absolute Gasteiger partial charge is 0.338 e. The monoisotopic (exact) mass is 462 g/mol. The Hall–Kier alpha value is -3.12. The molecule has 2 aromatic carbocycles. The highest BCUT2D eigenvalue weighted by atomic mass is 16.5. The molecular formula is C28H34N2O4. The number of nitrogens with zero attached hydrogens (tertiary/aromatic N) is 2. The van der Waals surface area contributed by atoms with Crippen LogP contribution in [0.1, 0.15) is 69.4 Å². The first-order valence-electron chi connectivity index (χ1n) is 11.8. The molecule has 4 rings (SSSR count). The summed E-state index contributed by atoms with van der Waals surface area (Å²) >= 11 is 0. The highest BCUT2D eigenvalue weighted by molar-refractivity contribution is 5.90. The molecule has 0 spiro atoms. The molecule has 0 radical (unpaired) electrons. The lowest BCUT2D eigenvalue weighted by Gasteiger charge is -2.45. The van der Waals surface area contributed by atoms with Crippen LogP contribution in [-0.4, -0.2) is 40.7 Å². The molecule has 0 unspecified atom stereocenters. The molecule has 1 aliphatic rings. The van der Waals surface area contributed by atoms with Gasteiger partial charge in [-0.1, -0.05) is 24.3 Å². The first kappa shape index (κ1) is 24.0. The van der Waals surface area contributed by atoms with Crippen molar-refractivity contribution in [2.45, 2.75) is 64.6 Å². The quantitative estimate of drug-likeness (QED) is 0.410. The van der Waals surface area contributed by atoms with E-state index in [1.807, 2.05) is 41.1 Å². The van der Waals surface area contributed by atoms with Crippen LogP contribution < -0.4 is 4.74 Å². The van der Waals surface area contributed by atoms with Crippen molar-refractivity contribution in [3.63, 3.8) is 0 Å². The van der Waals surface area contributed by atoms with Crippen molar-refractivity contribution in [2.75, 3.05) is 13.7 Å². The van der Waals surface area contributed by atoms with Crippen molar-refractivity contribution < 1.29 is 19.0 Å². The highest BCUT2D eigenvalue weighted by Gasteiger charge is 2.41. The number of esters is 1. The molecule has 6 heteroatoms. The molecule has 0 aliphatic carbocycles. The maximum Gasteiger partial charge on any atom is 0.338 e. The molecule has 3 aromatic rings. The number of ether oxygens (including phenoxy) is 3.